The number of aryl methyl sites for hydroxylation is 3. The molecule has 3 heteroatoms. The summed E-state index contributed by atoms with van der Waals surface area (Å²) in [6, 6.07) is 7.79. The second-order valence-corrected chi connectivity index (χ2v) is 4.33. The van der Waals surface area contributed by atoms with E-state index in [9.17, 15) is 4.79 Å². The molecule has 2 rings (SSSR count). The number of hydrogen-bond acceptors (Lipinski definition) is 1. The lowest BCUT2D eigenvalue weighted by atomic mass is 10.0. The lowest BCUT2D eigenvalue weighted by Gasteiger charge is -2.03. The van der Waals surface area contributed by atoms with Crippen molar-refractivity contribution in [3.05, 3.63) is 46.6 Å². The first-order chi connectivity index (χ1) is 7.99. The van der Waals surface area contributed by atoms with Crippen molar-refractivity contribution in [2.45, 2.75) is 20.8 Å². The van der Waals surface area contributed by atoms with Crippen molar-refractivity contribution in [1.82, 2.24) is 4.98 Å². The zero-order chi connectivity index (χ0) is 12.6. The molecular weight excluding hydrogens is 214 g/mol. The number of H-pyrrole nitrogens is 1. The minimum absolute atomic E-state index is 0.332. The Morgan fingerprint density at radius 1 is 1.12 bits per heavy atom. The van der Waals surface area contributed by atoms with E-state index in [1.54, 1.807) is 13.0 Å². The van der Waals surface area contributed by atoms with Gasteiger partial charge < -0.3 is 10.1 Å². The number of rotatable bonds is 2. The molecule has 0 saturated heterocycles. The van der Waals surface area contributed by atoms with Crippen molar-refractivity contribution in [2.24, 2.45) is 0 Å². The van der Waals surface area contributed by atoms with Gasteiger partial charge in [0, 0.05) is 11.4 Å². The van der Waals surface area contributed by atoms with E-state index in [1.807, 2.05) is 19.1 Å². The Morgan fingerprint density at radius 3 is 2.35 bits per heavy atom. The summed E-state index contributed by atoms with van der Waals surface area (Å²) in [5, 5.41) is 9.00. The SMILES string of the molecule is Cc1ccc(-c2cc(C(=O)O)c(C)[nH]2)cc1C. The third kappa shape index (κ3) is 2.09. The van der Waals surface area contributed by atoms with Gasteiger partial charge in [-0.25, -0.2) is 4.79 Å². The summed E-state index contributed by atoms with van der Waals surface area (Å²) in [4.78, 5) is 14.1. The molecule has 17 heavy (non-hydrogen) atoms. The van der Waals surface area contributed by atoms with Crippen LogP contribution in [0.1, 0.15) is 27.2 Å². The van der Waals surface area contributed by atoms with Crippen LogP contribution >= 0.6 is 0 Å². The van der Waals surface area contributed by atoms with Gasteiger partial charge in [0.05, 0.1) is 5.56 Å². The molecule has 0 unspecified atom stereocenters. The van der Waals surface area contributed by atoms with Crippen LogP contribution in [-0.2, 0) is 0 Å². The zero-order valence-corrected chi connectivity index (χ0v) is 10.2. The van der Waals surface area contributed by atoms with E-state index in [2.05, 4.69) is 18.0 Å². The summed E-state index contributed by atoms with van der Waals surface area (Å²) in [6.07, 6.45) is 0. The maximum atomic E-state index is 11.0. The van der Waals surface area contributed by atoms with Gasteiger partial charge in [-0.2, -0.15) is 0 Å². The Balaban J connectivity index is 2.50. The molecule has 0 atom stereocenters. The molecule has 1 aromatic carbocycles. The number of aromatic carboxylic acids is 1. The fourth-order valence-corrected chi connectivity index (χ4v) is 1.84. The van der Waals surface area contributed by atoms with Gasteiger partial charge in [0.25, 0.3) is 0 Å². The molecule has 0 saturated carbocycles. The summed E-state index contributed by atoms with van der Waals surface area (Å²) < 4.78 is 0. The lowest BCUT2D eigenvalue weighted by molar-refractivity contribution is 0.0696. The van der Waals surface area contributed by atoms with E-state index in [-0.39, 0.29) is 0 Å². The molecule has 0 bridgehead atoms. The smallest absolute Gasteiger partial charge is 0.337 e. The Kier molecular flexibility index (Phi) is 2.76. The zero-order valence-electron chi connectivity index (χ0n) is 10.2. The molecule has 2 aromatic rings. The van der Waals surface area contributed by atoms with Crippen molar-refractivity contribution < 1.29 is 9.90 Å². The molecular formula is C14H15NO2. The summed E-state index contributed by atoms with van der Waals surface area (Å²) in [7, 11) is 0. The maximum Gasteiger partial charge on any atom is 0.337 e. The third-order valence-corrected chi connectivity index (χ3v) is 3.06. The van der Waals surface area contributed by atoms with Crippen molar-refractivity contribution >= 4 is 5.97 Å². The highest BCUT2D eigenvalue weighted by Crippen LogP contribution is 2.23. The number of aromatic amines is 1. The monoisotopic (exact) mass is 229 g/mol. The van der Waals surface area contributed by atoms with Crippen molar-refractivity contribution in [1.29, 1.82) is 0 Å². The van der Waals surface area contributed by atoms with E-state index in [0.29, 0.717) is 11.3 Å². The first-order valence-electron chi connectivity index (χ1n) is 5.49. The maximum absolute atomic E-state index is 11.0. The van der Waals surface area contributed by atoms with Crippen LogP contribution in [0.3, 0.4) is 0 Å². The summed E-state index contributed by atoms with van der Waals surface area (Å²) >= 11 is 0. The van der Waals surface area contributed by atoms with E-state index in [4.69, 9.17) is 5.11 Å². The van der Waals surface area contributed by atoms with Gasteiger partial charge in [-0.15, -0.1) is 0 Å². The van der Waals surface area contributed by atoms with Gasteiger partial charge in [0.15, 0.2) is 0 Å². The van der Waals surface area contributed by atoms with Gasteiger partial charge in [-0.1, -0.05) is 12.1 Å². The molecule has 0 aliphatic heterocycles. The molecule has 2 N–H and O–H groups in total. The first-order valence-corrected chi connectivity index (χ1v) is 5.49. The number of benzene rings is 1. The molecule has 88 valence electrons. The third-order valence-electron chi connectivity index (χ3n) is 3.06. The predicted octanol–water partition coefficient (Wildman–Crippen LogP) is 3.31. The molecule has 0 spiro atoms. The van der Waals surface area contributed by atoms with Gasteiger partial charge >= 0.3 is 5.97 Å². The first kappa shape index (κ1) is 11.5. The minimum atomic E-state index is -0.895. The van der Waals surface area contributed by atoms with Crippen LogP contribution in [0.2, 0.25) is 0 Å². The highest BCUT2D eigenvalue weighted by atomic mass is 16.4. The Bertz CT molecular complexity index is 582. The van der Waals surface area contributed by atoms with E-state index in [0.717, 1.165) is 11.3 Å². The standard InChI is InChI=1S/C14H15NO2/c1-8-4-5-11(6-9(8)2)13-7-12(14(16)17)10(3)15-13/h4-7,15H,1-3H3,(H,16,17). The number of carboxylic acids is 1. The summed E-state index contributed by atoms with van der Waals surface area (Å²) in [5.74, 6) is -0.895. The number of carboxylic acid groups (broad SMARTS) is 1. The molecule has 0 radical (unpaired) electrons. The number of aromatic nitrogens is 1. The predicted molar refractivity (Wildman–Crippen MR) is 67.4 cm³/mol. The summed E-state index contributed by atoms with van der Waals surface area (Å²) in [6.45, 7) is 5.88. The second kappa shape index (κ2) is 4.09. The number of hydrogen-bond donors (Lipinski definition) is 2. The minimum Gasteiger partial charge on any atom is -0.478 e. The molecule has 3 nitrogen and oxygen atoms in total. The number of carbonyl (C=O) groups is 1. The second-order valence-electron chi connectivity index (χ2n) is 4.33. The molecule has 1 aromatic heterocycles. The van der Waals surface area contributed by atoms with E-state index < -0.39 is 5.97 Å². The van der Waals surface area contributed by atoms with Crippen molar-refractivity contribution in [3.63, 3.8) is 0 Å². The van der Waals surface area contributed by atoms with Gasteiger partial charge in [-0.05, 0) is 49.6 Å². The number of nitrogens with one attached hydrogen (secondary N) is 1. The van der Waals surface area contributed by atoms with Crippen molar-refractivity contribution in [2.75, 3.05) is 0 Å². The Morgan fingerprint density at radius 2 is 1.82 bits per heavy atom. The van der Waals surface area contributed by atoms with Crippen molar-refractivity contribution in [3.8, 4) is 11.3 Å². The highest BCUT2D eigenvalue weighted by molar-refractivity contribution is 5.90. The average molecular weight is 229 g/mol. The Hall–Kier alpha value is -2.03. The molecule has 0 amide bonds. The summed E-state index contributed by atoms with van der Waals surface area (Å²) in [5.41, 5.74) is 5.32. The largest absolute Gasteiger partial charge is 0.478 e. The van der Waals surface area contributed by atoms with Crippen LogP contribution in [0, 0.1) is 20.8 Å². The van der Waals surface area contributed by atoms with E-state index >= 15 is 0 Å². The fraction of sp³-hybridized carbons (Fsp3) is 0.214. The van der Waals surface area contributed by atoms with Gasteiger partial charge in [-0.3, -0.25) is 0 Å². The van der Waals surface area contributed by atoms with Crippen LogP contribution < -0.4 is 0 Å². The van der Waals surface area contributed by atoms with Crippen LogP contribution in [0.25, 0.3) is 11.3 Å². The fourth-order valence-electron chi connectivity index (χ4n) is 1.84. The van der Waals surface area contributed by atoms with E-state index in [1.165, 1.54) is 11.1 Å². The molecule has 0 aliphatic rings. The quantitative estimate of drug-likeness (QED) is 0.830. The lowest BCUT2D eigenvalue weighted by Crippen LogP contribution is -1.95. The van der Waals surface area contributed by atoms with Gasteiger partial charge in [0.2, 0.25) is 0 Å². The average Bonchev–Trinajstić information content (AvgIpc) is 2.64. The highest BCUT2D eigenvalue weighted by Gasteiger charge is 2.12. The Labute approximate surface area is 100 Å². The molecule has 0 fully saturated rings. The van der Waals surface area contributed by atoms with Crippen LogP contribution in [-0.4, -0.2) is 16.1 Å². The van der Waals surface area contributed by atoms with Gasteiger partial charge in [0.1, 0.15) is 0 Å². The van der Waals surface area contributed by atoms with Crippen LogP contribution in [0.15, 0.2) is 24.3 Å². The van der Waals surface area contributed by atoms with Crippen LogP contribution in [0.5, 0.6) is 0 Å². The topological polar surface area (TPSA) is 53.1 Å². The van der Waals surface area contributed by atoms with Crippen LogP contribution in [0.4, 0.5) is 0 Å². The molecule has 0 aliphatic carbocycles. The molecule has 1 heterocycles. The normalized spacial score (nSPS) is 10.5.